The Morgan fingerprint density at radius 3 is 2.66 bits per heavy atom. The third-order valence-corrected chi connectivity index (χ3v) is 7.64. The number of aryl methyl sites for hydroxylation is 1. The molecule has 6 rings (SSSR count). The summed E-state index contributed by atoms with van der Waals surface area (Å²) in [6.45, 7) is 3.06. The molecule has 1 saturated heterocycles. The molecule has 1 aliphatic heterocycles. The molecule has 3 heterocycles. The molecule has 3 aromatic carbocycles. The molecule has 5 aromatic rings. The summed E-state index contributed by atoms with van der Waals surface area (Å²) >= 11 is 3.44. The molecule has 0 spiro atoms. The van der Waals surface area contributed by atoms with E-state index in [9.17, 15) is 9.59 Å². The normalized spacial score (nSPS) is 15.2. The minimum Gasteiger partial charge on any atom is -0.340 e. The van der Waals surface area contributed by atoms with Crippen molar-refractivity contribution in [3.63, 3.8) is 0 Å². The lowest BCUT2D eigenvalue weighted by Gasteiger charge is -2.32. The predicted octanol–water partition coefficient (Wildman–Crippen LogP) is 5.18. The fourth-order valence-electron chi connectivity index (χ4n) is 5.03. The third-order valence-electron chi connectivity index (χ3n) is 7.12. The van der Waals surface area contributed by atoms with Crippen LogP contribution >= 0.6 is 15.9 Å². The number of carbonyl (C=O) groups excluding carboxylic acids is 2. The highest BCUT2D eigenvalue weighted by Crippen LogP contribution is 2.24. The topological polar surface area (TPSA) is 97.9 Å². The number of hydrogen-bond donors (Lipinski definition) is 1. The van der Waals surface area contributed by atoms with E-state index < -0.39 is 6.04 Å². The van der Waals surface area contributed by atoms with Crippen LogP contribution < -0.4 is 10.2 Å². The second kappa shape index (κ2) is 11.5. The van der Waals surface area contributed by atoms with E-state index in [2.05, 4.69) is 36.5 Å². The van der Waals surface area contributed by atoms with Gasteiger partial charge in [0, 0.05) is 28.5 Å². The zero-order valence-corrected chi connectivity index (χ0v) is 24.0. The number of amides is 2. The van der Waals surface area contributed by atoms with Gasteiger partial charge >= 0.3 is 0 Å². The molecule has 41 heavy (non-hydrogen) atoms. The summed E-state index contributed by atoms with van der Waals surface area (Å²) < 4.78 is 4.51. The van der Waals surface area contributed by atoms with E-state index in [1.165, 1.54) is 0 Å². The maximum Gasteiger partial charge on any atom is 0.254 e. The lowest BCUT2D eigenvalue weighted by Crippen LogP contribution is -2.52. The van der Waals surface area contributed by atoms with E-state index >= 15 is 0 Å². The highest BCUT2D eigenvalue weighted by molar-refractivity contribution is 9.10. The predicted molar refractivity (Wildman–Crippen MR) is 160 cm³/mol. The van der Waals surface area contributed by atoms with Crippen molar-refractivity contribution in [2.24, 2.45) is 0 Å². The molecule has 2 amide bonds. The zero-order chi connectivity index (χ0) is 28.3. The number of benzene rings is 3. The van der Waals surface area contributed by atoms with Crippen LogP contribution in [0.3, 0.4) is 0 Å². The van der Waals surface area contributed by atoms with Crippen molar-refractivity contribution in [1.82, 2.24) is 29.9 Å². The smallest absolute Gasteiger partial charge is 0.254 e. The molecular formula is C31H28BrN7O2. The number of nitrogens with one attached hydrogen (secondary N) is 1. The van der Waals surface area contributed by atoms with Crippen molar-refractivity contribution in [3.05, 3.63) is 113 Å². The van der Waals surface area contributed by atoms with Crippen LogP contribution in [-0.2, 0) is 11.3 Å². The van der Waals surface area contributed by atoms with Crippen molar-refractivity contribution < 1.29 is 9.59 Å². The van der Waals surface area contributed by atoms with Gasteiger partial charge in [0.1, 0.15) is 11.7 Å². The largest absolute Gasteiger partial charge is 0.340 e. The summed E-state index contributed by atoms with van der Waals surface area (Å²) in [6.07, 6.45) is 6.93. The second-order valence-electron chi connectivity index (χ2n) is 10.1. The van der Waals surface area contributed by atoms with E-state index in [0.717, 1.165) is 39.1 Å². The molecule has 1 unspecified atom stereocenters. The van der Waals surface area contributed by atoms with Gasteiger partial charge < -0.3 is 14.8 Å². The molecule has 206 valence electrons. The van der Waals surface area contributed by atoms with E-state index in [1.54, 1.807) is 22.0 Å². The molecule has 0 saturated carbocycles. The molecule has 10 heteroatoms. The molecule has 0 bridgehead atoms. The van der Waals surface area contributed by atoms with Crippen molar-refractivity contribution in [3.8, 4) is 16.9 Å². The summed E-state index contributed by atoms with van der Waals surface area (Å²) in [5, 5.41) is 11.6. The monoisotopic (exact) mass is 609 g/mol. The SMILES string of the molecule is Cc1ccc(C(=O)NC2CCCN(c3ccc(Br)cc3)C2=O)c(-n2cc(Cn3cnc(-c4ccccc4)c3)nn2)c1. The summed E-state index contributed by atoms with van der Waals surface area (Å²) in [5.41, 5.74) is 5.47. The Kier molecular flexibility index (Phi) is 7.47. The fraction of sp³-hybridized carbons (Fsp3) is 0.194. The quantitative estimate of drug-likeness (QED) is 0.274. The first kappa shape index (κ1) is 26.6. The first-order valence-electron chi connectivity index (χ1n) is 13.4. The Bertz CT molecular complexity index is 1700. The number of aromatic nitrogens is 5. The lowest BCUT2D eigenvalue weighted by molar-refractivity contribution is -0.121. The Balaban J connectivity index is 1.19. The van der Waals surface area contributed by atoms with Crippen molar-refractivity contribution >= 4 is 33.4 Å². The molecule has 1 atom stereocenters. The molecule has 1 fully saturated rings. The van der Waals surface area contributed by atoms with Crippen LogP contribution in [0.15, 0.2) is 96.0 Å². The van der Waals surface area contributed by atoms with Crippen LogP contribution in [0.4, 0.5) is 5.69 Å². The van der Waals surface area contributed by atoms with E-state index in [4.69, 9.17) is 0 Å². The maximum absolute atomic E-state index is 13.5. The highest BCUT2D eigenvalue weighted by atomic mass is 79.9. The van der Waals surface area contributed by atoms with Gasteiger partial charge in [0.05, 0.1) is 36.0 Å². The van der Waals surface area contributed by atoms with Gasteiger partial charge in [-0.25, -0.2) is 9.67 Å². The molecular weight excluding hydrogens is 582 g/mol. The minimum atomic E-state index is -0.611. The molecule has 1 N–H and O–H groups in total. The Labute approximate surface area is 246 Å². The van der Waals surface area contributed by atoms with Gasteiger partial charge in [-0.15, -0.1) is 5.10 Å². The van der Waals surface area contributed by atoms with Crippen molar-refractivity contribution in [2.75, 3.05) is 11.4 Å². The average Bonchev–Trinajstić information content (AvgIpc) is 3.65. The second-order valence-corrected chi connectivity index (χ2v) is 11.0. The molecule has 9 nitrogen and oxygen atoms in total. The van der Waals surface area contributed by atoms with Crippen LogP contribution in [-0.4, -0.2) is 48.9 Å². The molecule has 0 radical (unpaired) electrons. The number of rotatable bonds is 7. The number of piperidine rings is 1. The van der Waals surface area contributed by atoms with Gasteiger partial charge in [-0.05, 0) is 61.7 Å². The standard InChI is InChI=1S/C31H28BrN7O2/c1-21-9-14-26(30(40)34-27-8-5-15-38(31(27)41)25-12-10-23(32)11-13-25)29(16-21)39-18-24(35-36-39)17-37-19-28(33-20-37)22-6-3-2-4-7-22/h2-4,6-7,9-14,16,18-20,27H,5,8,15,17H2,1H3,(H,34,40). The average molecular weight is 611 g/mol. The zero-order valence-electron chi connectivity index (χ0n) is 22.4. The van der Waals surface area contributed by atoms with Crippen molar-refractivity contribution in [2.45, 2.75) is 32.4 Å². The summed E-state index contributed by atoms with van der Waals surface area (Å²) in [5.74, 6) is -0.436. The van der Waals surface area contributed by atoms with E-state index in [0.29, 0.717) is 30.8 Å². The number of nitrogens with zero attached hydrogens (tertiary/aromatic N) is 6. The van der Waals surface area contributed by atoms with Gasteiger partial charge in [-0.3, -0.25) is 9.59 Å². The molecule has 0 aliphatic carbocycles. The van der Waals surface area contributed by atoms with Gasteiger partial charge in [-0.2, -0.15) is 0 Å². The Morgan fingerprint density at radius 1 is 1.05 bits per heavy atom. The third kappa shape index (κ3) is 5.83. The summed E-state index contributed by atoms with van der Waals surface area (Å²) in [7, 11) is 0. The Morgan fingerprint density at radius 2 is 1.85 bits per heavy atom. The molecule has 2 aromatic heterocycles. The maximum atomic E-state index is 13.5. The summed E-state index contributed by atoms with van der Waals surface area (Å²) in [6, 6.07) is 22.5. The van der Waals surface area contributed by atoms with Crippen LogP contribution in [0.2, 0.25) is 0 Å². The van der Waals surface area contributed by atoms with Gasteiger partial charge in [-0.1, -0.05) is 57.5 Å². The minimum absolute atomic E-state index is 0.112. The van der Waals surface area contributed by atoms with E-state index in [-0.39, 0.29) is 11.8 Å². The van der Waals surface area contributed by atoms with E-state index in [1.807, 2.05) is 90.6 Å². The number of hydrogen-bond acceptors (Lipinski definition) is 5. The summed E-state index contributed by atoms with van der Waals surface area (Å²) in [4.78, 5) is 33.1. The Hall–Kier alpha value is -4.57. The van der Waals surface area contributed by atoms with Crippen molar-refractivity contribution in [1.29, 1.82) is 0 Å². The van der Waals surface area contributed by atoms with Gasteiger partial charge in [0.25, 0.3) is 5.91 Å². The van der Waals surface area contributed by atoms with Crippen LogP contribution in [0.1, 0.15) is 34.5 Å². The molecule has 1 aliphatic rings. The number of imidazole rings is 1. The highest BCUT2D eigenvalue weighted by Gasteiger charge is 2.31. The lowest BCUT2D eigenvalue weighted by atomic mass is 10.0. The van der Waals surface area contributed by atoms with Crippen LogP contribution in [0, 0.1) is 6.92 Å². The van der Waals surface area contributed by atoms with Crippen LogP contribution in [0.25, 0.3) is 16.9 Å². The number of halogens is 1. The first-order chi connectivity index (χ1) is 19.9. The first-order valence-corrected chi connectivity index (χ1v) is 14.2. The van der Waals surface area contributed by atoms with Gasteiger partial charge in [0.2, 0.25) is 5.91 Å². The fourth-order valence-corrected chi connectivity index (χ4v) is 5.29. The number of anilines is 1. The number of carbonyl (C=O) groups is 2. The van der Waals surface area contributed by atoms with Crippen LogP contribution in [0.5, 0.6) is 0 Å². The van der Waals surface area contributed by atoms with Gasteiger partial charge in [0.15, 0.2) is 0 Å².